The van der Waals surface area contributed by atoms with E-state index < -0.39 is 0 Å². The van der Waals surface area contributed by atoms with Gasteiger partial charge in [0.2, 0.25) is 0 Å². The van der Waals surface area contributed by atoms with Gasteiger partial charge in [0, 0.05) is 18.6 Å². The Morgan fingerprint density at radius 2 is 2.12 bits per heavy atom. The number of nitrogens with zero attached hydrogens (tertiary/aromatic N) is 1. The maximum Gasteiger partial charge on any atom is 0.0192 e. The normalized spacial score (nSPS) is 28.3. The van der Waals surface area contributed by atoms with Gasteiger partial charge < -0.3 is 5.32 Å². The molecule has 1 N–H and O–H groups in total. The van der Waals surface area contributed by atoms with E-state index in [-0.39, 0.29) is 0 Å². The summed E-state index contributed by atoms with van der Waals surface area (Å²) in [7, 11) is 2.31. The predicted molar refractivity (Wildman–Crippen MR) is 71.8 cm³/mol. The smallest absolute Gasteiger partial charge is 0.0192 e. The average Bonchev–Trinajstić information content (AvgIpc) is 2.28. The van der Waals surface area contributed by atoms with Crippen molar-refractivity contribution in [3.05, 3.63) is 0 Å². The summed E-state index contributed by atoms with van der Waals surface area (Å²) in [5.74, 6) is 0.928. The summed E-state index contributed by atoms with van der Waals surface area (Å²) in [6, 6.07) is 1.49. The molecule has 0 aromatic carbocycles. The molecule has 2 nitrogen and oxygen atoms in total. The van der Waals surface area contributed by atoms with Gasteiger partial charge in [0.1, 0.15) is 0 Å². The lowest BCUT2D eigenvalue weighted by molar-refractivity contribution is 0.124. The highest BCUT2D eigenvalue weighted by Crippen LogP contribution is 2.27. The number of rotatable bonds is 6. The third-order valence-corrected chi connectivity index (χ3v) is 4.05. The van der Waals surface area contributed by atoms with Crippen LogP contribution >= 0.6 is 0 Å². The summed E-state index contributed by atoms with van der Waals surface area (Å²) in [6.07, 6.45) is 6.89. The summed E-state index contributed by atoms with van der Waals surface area (Å²) in [5, 5.41) is 3.52. The van der Waals surface area contributed by atoms with Crippen molar-refractivity contribution >= 4 is 0 Å². The zero-order valence-corrected chi connectivity index (χ0v) is 11.6. The van der Waals surface area contributed by atoms with Gasteiger partial charge in [-0.1, -0.05) is 26.7 Å². The van der Waals surface area contributed by atoms with Crippen molar-refractivity contribution in [1.82, 2.24) is 10.2 Å². The van der Waals surface area contributed by atoms with Crippen LogP contribution in [0.4, 0.5) is 0 Å². The molecular formula is C14H30N2. The highest BCUT2D eigenvalue weighted by Gasteiger charge is 2.24. The third-order valence-electron chi connectivity index (χ3n) is 4.05. The monoisotopic (exact) mass is 226 g/mol. The van der Waals surface area contributed by atoms with E-state index in [4.69, 9.17) is 0 Å². The molecule has 0 aliphatic heterocycles. The lowest BCUT2D eigenvalue weighted by Gasteiger charge is -2.37. The zero-order valence-electron chi connectivity index (χ0n) is 11.6. The van der Waals surface area contributed by atoms with Gasteiger partial charge >= 0.3 is 0 Å². The molecule has 1 aliphatic rings. The molecule has 3 unspecified atom stereocenters. The van der Waals surface area contributed by atoms with Crippen molar-refractivity contribution in [3.8, 4) is 0 Å². The van der Waals surface area contributed by atoms with Crippen LogP contribution in [0.5, 0.6) is 0 Å². The molecule has 1 rings (SSSR count). The minimum Gasteiger partial charge on any atom is -0.315 e. The third kappa shape index (κ3) is 4.42. The second-order valence-corrected chi connectivity index (χ2v) is 5.64. The average molecular weight is 226 g/mol. The Hall–Kier alpha value is -0.0800. The van der Waals surface area contributed by atoms with Crippen LogP contribution in [0.25, 0.3) is 0 Å². The summed E-state index contributed by atoms with van der Waals surface area (Å²) in [5.41, 5.74) is 0. The van der Waals surface area contributed by atoms with E-state index >= 15 is 0 Å². The highest BCUT2D eigenvalue weighted by molar-refractivity contribution is 4.80. The zero-order chi connectivity index (χ0) is 12.0. The van der Waals surface area contributed by atoms with E-state index in [1.165, 1.54) is 32.1 Å². The Morgan fingerprint density at radius 3 is 2.75 bits per heavy atom. The minimum absolute atomic E-state index is 0.668. The number of likely N-dealkylation sites (N-methyl/N-ethyl adjacent to an activating group) is 1. The van der Waals surface area contributed by atoms with Crippen LogP contribution in [0.3, 0.4) is 0 Å². The number of hydrogen-bond acceptors (Lipinski definition) is 2. The van der Waals surface area contributed by atoms with E-state index in [1.54, 1.807) is 0 Å². The van der Waals surface area contributed by atoms with Crippen molar-refractivity contribution in [2.75, 3.05) is 20.1 Å². The molecule has 0 bridgehead atoms. The van der Waals surface area contributed by atoms with E-state index in [9.17, 15) is 0 Å². The van der Waals surface area contributed by atoms with Crippen molar-refractivity contribution < 1.29 is 0 Å². The molecule has 0 aromatic rings. The maximum absolute atomic E-state index is 3.52. The topological polar surface area (TPSA) is 15.3 Å². The fraction of sp³-hybridized carbons (Fsp3) is 1.00. The lowest BCUT2D eigenvalue weighted by atomic mass is 9.86. The second kappa shape index (κ2) is 7.29. The molecule has 2 heteroatoms. The van der Waals surface area contributed by atoms with Crippen LogP contribution in [0.15, 0.2) is 0 Å². The van der Waals surface area contributed by atoms with Crippen LogP contribution in [0.1, 0.15) is 52.9 Å². The van der Waals surface area contributed by atoms with Gasteiger partial charge in [-0.2, -0.15) is 0 Å². The Bertz CT molecular complexity index is 182. The van der Waals surface area contributed by atoms with Gasteiger partial charge in [0.15, 0.2) is 0 Å². The maximum atomic E-state index is 3.52. The molecule has 0 amide bonds. The molecule has 16 heavy (non-hydrogen) atoms. The quantitative estimate of drug-likeness (QED) is 0.701. The van der Waals surface area contributed by atoms with E-state index in [1.807, 2.05) is 0 Å². The number of nitrogens with one attached hydrogen (secondary N) is 1. The van der Waals surface area contributed by atoms with Crippen LogP contribution in [0.2, 0.25) is 0 Å². The molecule has 0 spiro atoms. The van der Waals surface area contributed by atoms with Gasteiger partial charge in [-0.15, -0.1) is 0 Å². The molecule has 0 radical (unpaired) electrons. The first-order valence-electron chi connectivity index (χ1n) is 7.07. The molecule has 0 saturated heterocycles. The first kappa shape index (κ1) is 14.0. The molecule has 1 saturated carbocycles. The van der Waals surface area contributed by atoms with Crippen LogP contribution in [0, 0.1) is 5.92 Å². The molecule has 1 aliphatic carbocycles. The van der Waals surface area contributed by atoms with Crippen molar-refractivity contribution in [2.24, 2.45) is 5.92 Å². The van der Waals surface area contributed by atoms with Gasteiger partial charge in [0.05, 0.1) is 0 Å². The van der Waals surface area contributed by atoms with Crippen LogP contribution in [-0.4, -0.2) is 37.1 Å². The van der Waals surface area contributed by atoms with Crippen molar-refractivity contribution in [3.63, 3.8) is 0 Å². The van der Waals surface area contributed by atoms with Crippen LogP contribution < -0.4 is 5.32 Å². The summed E-state index contributed by atoms with van der Waals surface area (Å²) in [6.45, 7) is 9.26. The van der Waals surface area contributed by atoms with Gasteiger partial charge in [-0.3, -0.25) is 4.90 Å². The Morgan fingerprint density at radius 1 is 1.38 bits per heavy atom. The first-order valence-corrected chi connectivity index (χ1v) is 7.07. The molecule has 96 valence electrons. The van der Waals surface area contributed by atoms with Gasteiger partial charge in [-0.05, 0) is 45.7 Å². The molecule has 0 heterocycles. The molecule has 3 atom stereocenters. The van der Waals surface area contributed by atoms with Gasteiger partial charge in [0.25, 0.3) is 0 Å². The second-order valence-electron chi connectivity index (χ2n) is 5.64. The standard InChI is InChI=1S/C14H30N2/c1-5-9-15-11-13(3)16(4)14-8-6-7-12(2)10-14/h12-15H,5-11H2,1-4H3. The minimum atomic E-state index is 0.668. The molecule has 1 fully saturated rings. The van der Waals surface area contributed by atoms with Crippen LogP contribution in [-0.2, 0) is 0 Å². The SMILES string of the molecule is CCCNCC(C)N(C)C1CCCC(C)C1. The van der Waals surface area contributed by atoms with E-state index in [2.05, 4.69) is 38.0 Å². The number of hydrogen-bond donors (Lipinski definition) is 1. The fourth-order valence-electron chi connectivity index (χ4n) is 2.76. The molecule has 0 aromatic heterocycles. The van der Waals surface area contributed by atoms with Gasteiger partial charge in [-0.25, -0.2) is 0 Å². The van der Waals surface area contributed by atoms with E-state index in [0.29, 0.717) is 6.04 Å². The Kier molecular flexibility index (Phi) is 6.37. The largest absolute Gasteiger partial charge is 0.315 e. The Balaban J connectivity index is 2.28. The van der Waals surface area contributed by atoms with Crippen molar-refractivity contribution in [2.45, 2.75) is 65.0 Å². The highest BCUT2D eigenvalue weighted by atomic mass is 15.2. The predicted octanol–water partition coefficient (Wildman–Crippen LogP) is 2.89. The summed E-state index contributed by atoms with van der Waals surface area (Å²) < 4.78 is 0. The van der Waals surface area contributed by atoms with E-state index in [0.717, 1.165) is 25.0 Å². The summed E-state index contributed by atoms with van der Waals surface area (Å²) in [4.78, 5) is 2.60. The fourth-order valence-corrected chi connectivity index (χ4v) is 2.76. The van der Waals surface area contributed by atoms with Crippen molar-refractivity contribution in [1.29, 1.82) is 0 Å². The molecular weight excluding hydrogens is 196 g/mol. The lowest BCUT2D eigenvalue weighted by Crippen LogP contribution is -2.45. The first-order chi connectivity index (χ1) is 7.65. The Labute approximate surface area is 102 Å². The summed E-state index contributed by atoms with van der Waals surface area (Å²) >= 11 is 0.